The Hall–Kier alpha value is -3.47. The molecule has 0 fully saturated rings. The third kappa shape index (κ3) is 12.0. The number of rotatable bonds is 14. The fourth-order valence-electron chi connectivity index (χ4n) is 2.56. The van der Waals surface area contributed by atoms with E-state index in [-0.39, 0.29) is 32.5 Å². The maximum absolute atomic E-state index is 12.6. The van der Waals surface area contributed by atoms with E-state index in [0.29, 0.717) is 19.4 Å². The van der Waals surface area contributed by atoms with Crippen LogP contribution in [0.3, 0.4) is 0 Å². The van der Waals surface area contributed by atoms with Gasteiger partial charge in [-0.25, -0.2) is 0 Å². The highest BCUT2D eigenvalue weighted by Gasteiger charge is 2.22. The van der Waals surface area contributed by atoms with Gasteiger partial charge in [-0.3, -0.25) is 24.0 Å². The molecule has 1 atom stereocenters. The van der Waals surface area contributed by atoms with Crippen molar-refractivity contribution in [2.24, 2.45) is 11.5 Å². The van der Waals surface area contributed by atoms with E-state index < -0.39 is 35.6 Å². The highest BCUT2D eigenvalue weighted by molar-refractivity contribution is 5.92. The monoisotopic (exact) mass is 434 g/mol. The van der Waals surface area contributed by atoms with Gasteiger partial charge in [-0.05, 0) is 18.4 Å². The number of nitrogens with one attached hydrogen (secondary N) is 4. The van der Waals surface area contributed by atoms with Gasteiger partial charge in [-0.1, -0.05) is 30.3 Å². The van der Waals surface area contributed by atoms with Crippen molar-refractivity contribution < 1.29 is 24.0 Å². The average molecular weight is 434 g/mol. The molecule has 1 rings (SSSR count). The van der Waals surface area contributed by atoms with Crippen molar-refractivity contribution in [1.82, 2.24) is 21.3 Å². The molecule has 31 heavy (non-hydrogen) atoms. The molecule has 11 heteroatoms. The molecule has 170 valence electrons. The average Bonchev–Trinajstić information content (AvgIpc) is 2.75. The molecule has 0 saturated carbocycles. The summed E-state index contributed by atoms with van der Waals surface area (Å²) in [4.78, 5) is 58.4. The number of carbonyl (C=O) groups is 5. The van der Waals surface area contributed by atoms with E-state index >= 15 is 0 Å². The van der Waals surface area contributed by atoms with Crippen molar-refractivity contribution in [3.8, 4) is 0 Å². The summed E-state index contributed by atoms with van der Waals surface area (Å²) in [6.45, 7) is -0.480. The Morgan fingerprint density at radius 1 is 0.839 bits per heavy atom. The van der Waals surface area contributed by atoms with Crippen LogP contribution >= 0.6 is 0 Å². The van der Waals surface area contributed by atoms with Crippen LogP contribution in [0.4, 0.5) is 0 Å². The predicted octanol–water partition coefficient (Wildman–Crippen LogP) is -2.32. The minimum absolute atomic E-state index is 0.206. The van der Waals surface area contributed by atoms with Crippen molar-refractivity contribution in [2.45, 2.75) is 31.7 Å². The smallest absolute Gasteiger partial charge is 0.243 e. The molecule has 1 aromatic rings. The molecule has 0 heterocycles. The number of benzene rings is 1. The Balaban J connectivity index is 2.54. The zero-order valence-corrected chi connectivity index (χ0v) is 17.3. The lowest BCUT2D eigenvalue weighted by Gasteiger charge is -2.19. The van der Waals surface area contributed by atoms with Crippen LogP contribution < -0.4 is 32.7 Å². The molecule has 0 aliphatic rings. The topological polar surface area (TPSA) is 186 Å². The lowest BCUT2D eigenvalue weighted by atomic mass is 10.1. The van der Waals surface area contributed by atoms with Crippen LogP contribution in [0.25, 0.3) is 0 Å². The quantitative estimate of drug-likeness (QED) is 0.178. The van der Waals surface area contributed by atoms with E-state index in [9.17, 15) is 24.0 Å². The summed E-state index contributed by atoms with van der Waals surface area (Å²) in [6.07, 6.45) is 1.61. The Bertz CT molecular complexity index is 756. The molecule has 5 amide bonds. The second-order valence-corrected chi connectivity index (χ2v) is 6.78. The van der Waals surface area contributed by atoms with Gasteiger partial charge in [0.1, 0.15) is 6.04 Å². The van der Waals surface area contributed by atoms with Crippen molar-refractivity contribution in [1.29, 1.82) is 0 Å². The van der Waals surface area contributed by atoms with E-state index in [1.807, 2.05) is 6.07 Å². The first-order valence-electron chi connectivity index (χ1n) is 9.94. The minimum Gasteiger partial charge on any atom is -0.370 e. The first kappa shape index (κ1) is 25.6. The van der Waals surface area contributed by atoms with Crippen LogP contribution in [0, 0.1) is 0 Å². The third-order valence-corrected chi connectivity index (χ3v) is 4.16. The first-order chi connectivity index (χ1) is 14.8. The van der Waals surface area contributed by atoms with Crippen LogP contribution in [-0.4, -0.2) is 61.8 Å². The molecule has 0 unspecified atom stereocenters. The van der Waals surface area contributed by atoms with Gasteiger partial charge in [-0.2, -0.15) is 0 Å². The summed E-state index contributed by atoms with van der Waals surface area (Å²) in [5.41, 5.74) is 11.0. The van der Waals surface area contributed by atoms with Gasteiger partial charge in [0.15, 0.2) is 0 Å². The van der Waals surface area contributed by atoms with Crippen LogP contribution in [-0.2, 0) is 30.4 Å². The number of unbranched alkanes of at least 4 members (excludes halogenated alkanes) is 1. The predicted molar refractivity (Wildman–Crippen MR) is 113 cm³/mol. The van der Waals surface area contributed by atoms with Gasteiger partial charge in [-0.15, -0.1) is 0 Å². The lowest BCUT2D eigenvalue weighted by molar-refractivity contribution is -0.130. The van der Waals surface area contributed by atoms with E-state index in [1.54, 1.807) is 24.3 Å². The Morgan fingerprint density at radius 3 is 2.16 bits per heavy atom. The fourth-order valence-corrected chi connectivity index (χ4v) is 2.56. The normalized spacial score (nSPS) is 11.1. The highest BCUT2D eigenvalue weighted by Crippen LogP contribution is 2.03. The molecule has 0 aromatic heterocycles. The molecule has 1 aromatic carbocycles. The molecular weight excluding hydrogens is 404 g/mol. The number of carbonyl (C=O) groups excluding carboxylic acids is 5. The molecule has 0 radical (unpaired) electrons. The number of hydrogen-bond acceptors (Lipinski definition) is 6. The number of amides is 5. The molecule has 11 nitrogen and oxygen atoms in total. The largest absolute Gasteiger partial charge is 0.370 e. The van der Waals surface area contributed by atoms with Crippen LogP contribution in [0.15, 0.2) is 30.3 Å². The Morgan fingerprint density at radius 2 is 1.52 bits per heavy atom. The summed E-state index contributed by atoms with van der Waals surface area (Å²) in [6, 6.07) is 8.11. The standard InChI is InChI=1S/C20H30N6O5/c21-11-17(28)24-13-19(30)26-15(10-14-6-2-1-3-7-14)20(31)25-12-18(29)23-9-5-4-8-16(22)27/h1-3,6-7,15H,4-5,8-13,21H2,(H2,22,27)(H,23,29)(H,24,28)(H,25,31)(H,26,30)/t15-/m0/s1. The van der Waals surface area contributed by atoms with E-state index in [2.05, 4.69) is 21.3 Å². The third-order valence-electron chi connectivity index (χ3n) is 4.16. The second kappa shape index (κ2) is 14.5. The molecule has 8 N–H and O–H groups in total. The number of hydrogen-bond donors (Lipinski definition) is 6. The SMILES string of the molecule is NCC(=O)NCC(=O)N[C@@H](Cc1ccccc1)C(=O)NCC(=O)NCCCCC(N)=O. The summed E-state index contributed by atoms with van der Waals surface area (Å²) in [7, 11) is 0. The van der Waals surface area contributed by atoms with Crippen molar-refractivity contribution in [3.05, 3.63) is 35.9 Å². The van der Waals surface area contributed by atoms with E-state index in [1.165, 1.54) is 0 Å². The van der Waals surface area contributed by atoms with Crippen LogP contribution in [0.1, 0.15) is 24.8 Å². The summed E-state index contributed by atoms with van der Waals surface area (Å²) in [5.74, 6) is -2.38. The van der Waals surface area contributed by atoms with Crippen molar-refractivity contribution in [2.75, 3.05) is 26.2 Å². The van der Waals surface area contributed by atoms with E-state index in [4.69, 9.17) is 11.5 Å². The Kier molecular flexibility index (Phi) is 12.0. The number of primary amides is 1. The molecule has 0 aliphatic carbocycles. The zero-order chi connectivity index (χ0) is 23.1. The maximum atomic E-state index is 12.6. The number of nitrogens with two attached hydrogens (primary N) is 2. The van der Waals surface area contributed by atoms with Gasteiger partial charge in [0.05, 0.1) is 19.6 Å². The lowest BCUT2D eigenvalue weighted by Crippen LogP contribution is -2.52. The van der Waals surface area contributed by atoms with Crippen molar-refractivity contribution in [3.63, 3.8) is 0 Å². The maximum Gasteiger partial charge on any atom is 0.243 e. The van der Waals surface area contributed by atoms with Gasteiger partial charge < -0.3 is 32.7 Å². The van der Waals surface area contributed by atoms with Gasteiger partial charge in [0.25, 0.3) is 0 Å². The van der Waals surface area contributed by atoms with Crippen LogP contribution in [0.5, 0.6) is 0 Å². The summed E-state index contributed by atoms with van der Waals surface area (Å²) < 4.78 is 0. The Labute approximate surface area is 180 Å². The van der Waals surface area contributed by atoms with Crippen LogP contribution in [0.2, 0.25) is 0 Å². The van der Waals surface area contributed by atoms with E-state index in [0.717, 1.165) is 5.56 Å². The minimum atomic E-state index is -0.937. The second-order valence-electron chi connectivity index (χ2n) is 6.78. The molecular formula is C20H30N6O5. The molecule has 0 bridgehead atoms. The zero-order valence-electron chi connectivity index (χ0n) is 17.3. The summed E-state index contributed by atoms with van der Waals surface area (Å²) >= 11 is 0. The fraction of sp³-hybridized carbons (Fsp3) is 0.450. The first-order valence-corrected chi connectivity index (χ1v) is 9.94. The van der Waals surface area contributed by atoms with Gasteiger partial charge >= 0.3 is 0 Å². The van der Waals surface area contributed by atoms with Gasteiger partial charge in [0, 0.05) is 19.4 Å². The molecule has 0 saturated heterocycles. The summed E-state index contributed by atoms with van der Waals surface area (Å²) in [5, 5.41) is 10.0. The molecule has 0 aliphatic heterocycles. The molecule has 0 spiro atoms. The van der Waals surface area contributed by atoms with Crippen molar-refractivity contribution >= 4 is 29.5 Å². The highest BCUT2D eigenvalue weighted by atomic mass is 16.2. The van der Waals surface area contributed by atoms with Gasteiger partial charge in [0.2, 0.25) is 29.5 Å².